The highest BCUT2D eigenvalue weighted by atomic mass is 16.6. The first-order chi connectivity index (χ1) is 4.31. The average Bonchev–Trinajstić information content (AvgIpc) is 1.85. The lowest BCUT2D eigenvalue weighted by atomic mass is 10.1. The van der Waals surface area contributed by atoms with E-state index in [4.69, 9.17) is 0 Å². The van der Waals surface area contributed by atoms with Crippen LogP contribution in [0, 0.1) is 5.92 Å². The van der Waals surface area contributed by atoms with E-state index in [1.54, 1.807) is 7.11 Å². The summed E-state index contributed by atoms with van der Waals surface area (Å²) < 4.78 is 0. The van der Waals surface area contributed by atoms with Crippen LogP contribution in [-0.4, -0.2) is 13.3 Å². The normalized spacial score (nSPS) is 14.1. The molecule has 0 aromatic heterocycles. The summed E-state index contributed by atoms with van der Waals surface area (Å²) in [6.07, 6.45) is 4.23. The highest BCUT2D eigenvalue weighted by Crippen LogP contribution is 2.00. The van der Waals surface area contributed by atoms with Crippen LogP contribution in [0.4, 0.5) is 0 Å². The van der Waals surface area contributed by atoms with Crippen molar-refractivity contribution in [2.75, 3.05) is 7.11 Å². The van der Waals surface area contributed by atoms with Crippen molar-refractivity contribution in [2.45, 2.75) is 26.7 Å². The number of nitrogens with zero attached hydrogens (tertiary/aromatic N) is 1. The lowest BCUT2D eigenvalue weighted by molar-refractivity contribution is 0.213. The molecule has 0 saturated heterocycles. The lowest BCUT2D eigenvalue weighted by Crippen LogP contribution is -1.94. The molecule has 54 valence electrons. The van der Waals surface area contributed by atoms with Crippen molar-refractivity contribution in [2.24, 2.45) is 11.1 Å². The van der Waals surface area contributed by atoms with Crippen molar-refractivity contribution < 1.29 is 4.84 Å². The standard InChI is InChI=1S/C7H15NO/c1-4-5-7(2)6-8-9-3/h6-7H,4-5H2,1-3H3. The van der Waals surface area contributed by atoms with Crippen LogP contribution in [0.2, 0.25) is 0 Å². The molecular weight excluding hydrogens is 114 g/mol. The highest BCUT2D eigenvalue weighted by Gasteiger charge is 1.93. The van der Waals surface area contributed by atoms with Gasteiger partial charge in [0.05, 0.1) is 0 Å². The van der Waals surface area contributed by atoms with Crippen LogP contribution < -0.4 is 0 Å². The van der Waals surface area contributed by atoms with E-state index in [1.165, 1.54) is 12.8 Å². The summed E-state index contributed by atoms with van der Waals surface area (Å²) in [6.45, 7) is 4.29. The van der Waals surface area contributed by atoms with Crippen LogP contribution >= 0.6 is 0 Å². The van der Waals surface area contributed by atoms with Crippen LogP contribution in [0.15, 0.2) is 5.16 Å². The maximum Gasteiger partial charge on any atom is 0.106 e. The zero-order valence-electron chi connectivity index (χ0n) is 6.42. The van der Waals surface area contributed by atoms with Gasteiger partial charge < -0.3 is 4.84 Å². The van der Waals surface area contributed by atoms with Gasteiger partial charge in [0.15, 0.2) is 0 Å². The summed E-state index contributed by atoms with van der Waals surface area (Å²) in [6, 6.07) is 0. The first-order valence-corrected chi connectivity index (χ1v) is 3.38. The van der Waals surface area contributed by atoms with Gasteiger partial charge in [-0.1, -0.05) is 25.4 Å². The van der Waals surface area contributed by atoms with Crippen LogP contribution in [0.3, 0.4) is 0 Å². The Morgan fingerprint density at radius 2 is 2.33 bits per heavy atom. The van der Waals surface area contributed by atoms with Crippen molar-refractivity contribution in [3.05, 3.63) is 0 Å². The summed E-state index contributed by atoms with van der Waals surface area (Å²) in [5.74, 6) is 0.551. The highest BCUT2D eigenvalue weighted by molar-refractivity contribution is 5.59. The summed E-state index contributed by atoms with van der Waals surface area (Å²) in [5.41, 5.74) is 0. The number of hydrogen-bond donors (Lipinski definition) is 0. The molecule has 0 fully saturated rings. The van der Waals surface area contributed by atoms with Gasteiger partial charge >= 0.3 is 0 Å². The first kappa shape index (κ1) is 8.47. The molecule has 0 aliphatic heterocycles. The zero-order chi connectivity index (χ0) is 7.11. The summed E-state index contributed by atoms with van der Waals surface area (Å²) in [7, 11) is 1.56. The minimum atomic E-state index is 0.551. The van der Waals surface area contributed by atoms with Crippen LogP contribution in [0.5, 0.6) is 0 Å². The molecule has 0 aromatic carbocycles. The monoisotopic (exact) mass is 129 g/mol. The topological polar surface area (TPSA) is 21.6 Å². The molecule has 0 heterocycles. The van der Waals surface area contributed by atoms with Gasteiger partial charge in [0.2, 0.25) is 0 Å². The second-order valence-electron chi connectivity index (χ2n) is 2.20. The minimum absolute atomic E-state index is 0.551. The van der Waals surface area contributed by atoms with Gasteiger partial charge in [-0.25, -0.2) is 0 Å². The molecule has 0 saturated carbocycles. The minimum Gasteiger partial charge on any atom is -0.399 e. The van der Waals surface area contributed by atoms with E-state index < -0.39 is 0 Å². The number of hydrogen-bond acceptors (Lipinski definition) is 2. The maximum atomic E-state index is 4.53. The van der Waals surface area contributed by atoms with Gasteiger partial charge in [-0.2, -0.15) is 0 Å². The second kappa shape index (κ2) is 5.60. The van der Waals surface area contributed by atoms with Crippen LogP contribution in [0.1, 0.15) is 26.7 Å². The van der Waals surface area contributed by atoms with Gasteiger partial charge in [0.1, 0.15) is 7.11 Å². The molecule has 0 bridgehead atoms. The van der Waals surface area contributed by atoms with E-state index in [0.29, 0.717) is 5.92 Å². The molecule has 0 radical (unpaired) electrons. The molecular formula is C7H15NO. The molecule has 1 atom stereocenters. The summed E-state index contributed by atoms with van der Waals surface area (Å²) >= 11 is 0. The van der Waals surface area contributed by atoms with E-state index >= 15 is 0 Å². The van der Waals surface area contributed by atoms with E-state index in [1.807, 2.05) is 6.21 Å². The molecule has 0 spiro atoms. The Bertz CT molecular complexity index is 81.0. The Hall–Kier alpha value is -0.530. The molecule has 0 N–H and O–H groups in total. The van der Waals surface area contributed by atoms with Gasteiger partial charge in [-0.15, -0.1) is 0 Å². The fourth-order valence-corrected chi connectivity index (χ4v) is 0.695. The molecule has 0 aliphatic carbocycles. The molecule has 2 heteroatoms. The lowest BCUT2D eigenvalue weighted by Gasteiger charge is -1.99. The number of rotatable bonds is 4. The Balaban J connectivity index is 3.25. The quantitative estimate of drug-likeness (QED) is 0.420. The maximum absolute atomic E-state index is 4.53. The second-order valence-corrected chi connectivity index (χ2v) is 2.20. The number of oxime groups is 1. The summed E-state index contributed by atoms with van der Waals surface area (Å²) in [5, 5.41) is 3.67. The van der Waals surface area contributed by atoms with Crippen molar-refractivity contribution in [3.63, 3.8) is 0 Å². The Morgan fingerprint density at radius 1 is 1.67 bits per heavy atom. The smallest absolute Gasteiger partial charge is 0.106 e. The predicted molar refractivity (Wildman–Crippen MR) is 39.6 cm³/mol. The molecule has 9 heavy (non-hydrogen) atoms. The molecule has 2 nitrogen and oxygen atoms in total. The third kappa shape index (κ3) is 5.34. The van der Waals surface area contributed by atoms with Gasteiger partial charge in [-0.05, 0) is 12.3 Å². The molecule has 0 amide bonds. The van der Waals surface area contributed by atoms with Gasteiger partial charge in [0, 0.05) is 6.21 Å². The predicted octanol–water partition coefficient (Wildman–Crippen LogP) is 2.05. The van der Waals surface area contributed by atoms with Crippen LogP contribution in [0.25, 0.3) is 0 Å². The van der Waals surface area contributed by atoms with Crippen molar-refractivity contribution >= 4 is 6.21 Å². The molecule has 1 unspecified atom stereocenters. The SMILES string of the molecule is CCCC(C)C=NOC. The fraction of sp³-hybridized carbons (Fsp3) is 0.857. The fourth-order valence-electron chi connectivity index (χ4n) is 0.695. The largest absolute Gasteiger partial charge is 0.399 e. The van der Waals surface area contributed by atoms with Gasteiger partial charge in [-0.3, -0.25) is 0 Å². The zero-order valence-corrected chi connectivity index (χ0v) is 6.42. The van der Waals surface area contributed by atoms with Crippen molar-refractivity contribution in [1.29, 1.82) is 0 Å². The van der Waals surface area contributed by atoms with Gasteiger partial charge in [0.25, 0.3) is 0 Å². The molecule has 0 aromatic rings. The Kier molecular flexibility index (Phi) is 5.27. The van der Waals surface area contributed by atoms with E-state index in [9.17, 15) is 0 Å². The third-order valence-corrected chi connectivity index (χ3v) is 1.16. The van der Waals surface area contributed by atoms with E-state index in [-0.39, 0.29) is 0 Å². The van der Waals surface area contributed by atoms with Crippen LogP contribution in [-0.2, 0) is 4.84 Å². The van der Waals surface area contributed by atoms with Crippen molar-refractivity contribution in [1.82, 2.24) is 0 Å². The molecule has 0 aliphatic rings. The average molecular weight is 129 g/mol. The molecule has 0 rings (SSSR count). The summed E-state index contributed by atoms with van der Waals surface area (Å²) in [4.78, 5) is 4.53. The Labute approximate surface area is 56.9 Å². The van der Waals surface area contributed by atoms with E-state index in [0.717, 1.165) is 0 Å². The Morgan fingerprint density at radius 3 is 2.78 bits per heavy atom. The van der Waals surface area contributed by atoms with Crippen molar-refractivity contribution in [3.8, 4) is 0 Å². The first-order valence-electron chi connectivity index (χ1n) is 3.38. The third-order valence-electron chi connectivity index (χ3n) is 1.16. The van der Waals surface area contributed by atoms with E-state index in [2.05, 4.69) is 23.8 Å².